The summed E-state index contributed by atoms with van der Waals surface area (Å²) in [5.41, 5.74) is 7.14. The minimum Gasteiger partial charge on any atom is -0.310 e. The van der Waals surface area contributed by atoms with E-state index >= 15 is 0 Å². The predicted molar refractivity (Wildman–Crippen MR) is 172 cm³/mol. The van der Waals surface area contributed by atoms with Gasteiger partial charge in [-0.15, -0.1) is 4.99 Å². The number of aliphatic imine (C=N–C) groups is 2. The quantitative estimate of drug-likeness (QED) is 0.252. The number of aromatic nitrogens is 1. The van der Waals surface area contributed by atoms with E-state index in [4.69, 9.17) is 20.0 Å². The summed E-state index contributed by atoms with van der Waals surface area (Å²) >= 11 is 0. The van der Waals surface area contributed by atoms with E-state index in [1.165, 1.54) is 0 Å². The molecule has 1 aromatic heterocycles. The van der Waals surface area contributed by atoms with Crippen molar-refractivity contribution in [3.8, 4) is 0 Å². The van der Waals surface area contributed by atoms with Gasteiger partial charge in [0.15, 0.2) is 6.17 Å². The van der Waals surface area contributed by atoms with Gasteiger partial charge in [0.05, 0.1) is 42.3 Å². The Kier molecular flexibility index (Phi) is 6.42. The predicted octanol–water partition coefficient (Wildman–Crippen LogP) is 3.36. The molecule has 0 saturated heterocycles. The maximum absolute atomic E-state index is 5.49. The number of benzene rings is 3. The first kappa shape index (κ1) is 28.1. The molecule has 3 aromatic carbocycles. The smallest absolute Gasteiger partial charge is 0.273 e. The summed E-state index contributed by atoms with van der Waals surface area (Å²) < 4.78 is 6.37. The van der Waals surface area contributed by atoms with Crippen molar-refractivity contribution < 1.29 is 40.3 Å². The van der Waals surface area contributed by atoms with Gasteiger partial charge in [0.1, 0.15) is 0 Å². The Labute approximate surface area is 284 Å². The first-order chi connectivity index (χ1) is 21.5. The van der Waals surface area contributed by atoms with E-state index < -0.39 is 0 Å². The van der Waals surface area contributed by atoms with Crippen LogP contribution in [0.2, 0.25) is 0 Å². The molecule has 5 heterocycles. The number of allylic oxidation sites excluding steroid dienone is 3. The molecule has 1 aliphatic carbocycles. The van der Waals surface area contributed by atoms with Gasteiger partial charge in [-0.05, 0) is 36.4 Å². The van der Waals surface area contributed by atoms with Crippen molar-refractivity contribution in [3.05, 3.63) is 142 Å². The van der Waals surface area contributed by atoms with E-state index in [0.29, 0.717) is 0 Å². The fourth-order valence-corrected chi connectivity index (χ4v) is 7.18. The zero-order chi connectivity index (χ0) is 29.7. The van der Waals surface area contributed by atoms with Gasteiger partial charge in [-0.3, -0.25) is 4.57 Å². The molecule has 2 atom stereocenters. The van der Waals surface area contributed by atoms with Crippen LogP contribution < -0.4 is 11.0 Å². The fraction of sp³-hybridized carbons (Fsp3) is 0.167. The molecular weight excluding hydrogens is 782 g/mol. The Morgan fingerprint density at radius 3 is 1.80 bits per heavy atom. The summed E-state index contributed by atoms with van der Waals surface area (Å²) in [5.74, 6) is 4.50. The summed E-state index contributed by atoms with van der Waals surface area (Å²) in [4.78, 5) is 23.9. The molecule has 0 spiro atoms. The maximum atomic E-state index is 5.49. The van der Waals surface area contributed by atoms with E-state index in [9.17, 15) is 0 Å². The average Bonchev–Trinajstić information content (AvgIpc) is 3.67. The maximum Gasteiger partial charge on any atom is 0.273 e. The summed E-state index contributed by atoms with van der Waals surface area (Å²) in [6, 6.07) is 25.2. The molecule has 8 bridgehead atoms. The van der Waals surface area contributed by atoms with Crippen LogP contribution in [0, 0.1) is 37.0 Å². The summed E-state index contributed by atoms with van der Waals surface area (Å²) in [6.45, 7) is 0. The van der Waals surface area contributed by atoms with Crippen molar-refractivity contribution in [2.75, 3.05) is 21.1 Å². The molecule has 5 aliphatic rings. The summed E-state index contributed by atoms with van der Waals surface area (Å²) in [5, 5.41) is 2.11. The third-order valence-electron chi connectivity index (χ3n) is 9.40. The van der Waals surface area contributed by atoms with Gasteiger partial charge in [0, 0.05) is 61.6 Å². The number of rotatable bonds is 0. The minimum atomic E-state index is -0.166. The molecule has 0 amide bonds. The molecule has 9 rings (SSSR count). The van der Waals surface area contributed by atoms with Gasteiger partial charge in [-0.1, -0.05) is 75.7 Å². The molecule has 0 fully saturated rings. The molecule has 45 heavy (non-hydrogen) atoms. The molecule has 216 valence electrons. The number of amidine groups is 4. The van der Waals surface area contributed by atoms with Crippen LogP contribution in [-0.2, 0) is 7.05 Å². The van der Waals surface area contributed by atoms with Crippen LogP contribution in [0.5, 0.6) is 0 Å². The van der Waals surface area contributed by atoms with Gasteiger partial charge in [-0.2, -0.15) is 0 Å². The van der Waals surface area contributed by atoms with Gasteiger partial charge < -0.3 is 4.90 Å². The molecule has 9 heteroatoms. The molecule has 2 unspecified atom stereocenters. The SMILES string of the molecule is CN1C2=C3C=CC=CC3C1/N=C1/c3ccccc3C(=[N+]1C)N=c1c3ccccc3c(n1C)=NC1=[N+](C)/C(=N\2)c2ccccc21.[U]. The zero-order valence-electron chi connectivity index (χ0n) is 25.5. The summed E-state index contributed by atoms with van der Waals surface area (Å²) in [6.07, 6.45) is 8.47. The second kappa shape index (κ2) is 10.3. The first-order valence-electron chi connectivity index (χ1n) is 14.9. The van der Waals surface area contributed by atoms with E-state index in [-0.39, 0.29) is 43.2 Å². The van der Waals surface area contributed by atoms with Crippen molar-refractivity contribution in [3.63, 3.8) is 0 Å². The largest absolute Gasteiger partial charge is 0.310 e. The molecule has 0 N–H and O–H groups in total. The third kappa shape index (κ3) is 3.90. The van der Waals surface area contributed by atoms with E-state index in [1.807, 2.05) is 0 Å². The first-order valence-corrected chi connectivity index (χ1v) is 14.9. The normalized spacial score (nSPS) is 23.2. The number of hydrogen-bond acceptors (Lipinski definition) is 5. The van der Waals surface area contributed by atoms with Gasteiger partial charge in [-0.25, -0.2) is 9.15 Å². The molecule has 0 saturated carbocycles. The van der Waals surface area contributed by atoms with Gasteiger partial charge in [0.25, 0.3) is 23.3 Å². The Bertz CT molecular complexity index is 2350. The van der Waals surface area contributed by atoms with Gasteiger partial charge in [0.2, 0.25) is 16.8 Å². The minimum absolute atomic E-state index is 0. The van der Waals surface area contributed by atoms with E-state index in [2.05, 4.69) is 144 Å². The van der Waals surface area contributed by atoms with Crippen molar-refractivity contribution in [1.29, 1.82) is 0 Å². The average molecular weight is 813 g/mol. The topological polar surface area (TPSA) is 63.6 Å². The van der Waals surface area contributed by atoms with Crippen LogP contribution in [0.25, 0.3) is 10.8 Å². The molecule has 0 radical (unpaired) electrons. The van der Waals surface area contributed by atoms with E-state index in [0.717, 1.165) is 78.7 Å². The zero-order valence-corrected chi connectivity index (χ0v) is 29.6. The van der Waals surface area contributed by atoms with Crippen molar-refractivity contribution in [2.45, 2.75) is 6.17 Å². The molecule has 4 aromatic rings. The Morgan fingerprint density at radius 1 is 0.644 bits per heavy atom. The van der Waals surface area contributed by atoms with Crippen LogP contribution in [0.3, 0.4) is 0 Å². The molecular formula is C36H30N8U+2. The monoisotopic (exact) mass is 812 g/mol. The standard InChI is InChI=1S/C36H30N8.U/c1-41-29-21-13-5-6-14-22(21)30(41)38-32-24-16-8-10-18-26(24)34(43(32)3)40-36-28-20-12-11-19-27(28)35(44(36)4)39-33-25-17-9-7-15-23(25)31(37-29)42(33)2;/h5-21,29H,1-4H3;/q+2;/b37-31-,38-32-;. The van der Waals surface area contributed by atoms with Crippen molar-refractivity contribution in [2.24, 2.45) is 32.9 Å². The van der Waals surface area contributed by atoms with Crippen LogP contribution in [0.4, 0.5) is 0 Å². The van der Waals surface area contributed by atoms with E-state index in [1.54, 1.807) is 0 Å². The Balaban J connectivity index is 0.00000300. The number of fused-ring (bicyclic) bond motifs is 17. The van der Waals surface area contributed by atoms with Crippen molar-refractivity contribution >= 4 is 34.1 Å². The fourth-order valence-electron chi connectivity index (χ4n) is 7.18. The Hall–Kier alpha value is -4.45. The van der Waals surface area contributed by atoms with Crippen LogP contribution in [-0.4, -0.2) is 69.3 Å². The number of nitrogens with zero attached hydrogens (tertiary/aromatic N) is 8. The third-order valence-corrected chi connectivity index (χ3v) is 9.40. The second-order valence-corrected chi connectivity index (χ2v) is 11.8. The molecule has 8 nitrogen and oxygen atoms in total. The van der Waals surface area contributed by atoms with Crippen LogP contribution in [0.1, 0.15) is 22.3 Å². The Morgan fingerprint density at radius 2 is 1.18 bits per heavy atom. The van der Waals surface area contributed by atoms with Crippen LogP contribution in [0.15, 0.2) is 128 Å². The second-order valence-electron chi connectivity index (χ2n) is 11.8. The number of hydrogen-bond donors (Lipinski definition) is 0. The molecule has 4 aliphatic heterocycles. The van der Waals surface area contributed by atoms with Crippen LogP contribution >= 0.6 is 0 Å². The van der Waals surface area contributed by atoms with Gasteiger partial charge >= 0.3 is 0 Å². The summed E-state index contributed by atoms with van der Waals surface area (Å²) in [7, 11) is 8.29. The van der Waals surface area contributed by atoms with Crippen molar-refractivity contribution in [1.82, 2.24) is 9.47 Å².